The molecule has 0 atom stereocenters. The molecule has 0 saturated heterocycles. The number of nitrogens with one attached hydrogen (secondary N) is 1. The third-order valence-corrected chi connectivity index (χ3v) is 3.72. The molecule has 1 aromatic carbocycles. The van der Waals surface area contributed by atoms with Crippen molar-refractivity contribution in [3.63, 3.8) is 0 Å². The van der Waals surface area contributed by atoms with Crippen LogP contribution in [0.2, 0.25) is 0 Å². The lowest BCUT2D eigenvalue weighted by Crippen LogP contribution is -2.20. The molecular weight excluding hydrogens is 304 g/mol. The SMILES string of the molecule is CCCCN(C)c1cc(Nc2ccc(OC)c(OC)c2)nc(C)n1. The highest BCUT2D eigenvalue weighted by Gasteiger charge is 2.09. The Hall–Kier alpha value is -2.50. The van der Waals surface area contributed by atoms with Crippen LogP contribution in [0.3, 0.4) is 0 Å². The quantitative estimate of drug-likeness (QED) is 0.795. The summed E-state index contributed by atoms with van der Waals surface area (Å²) in [5, 5.41) is 3.31. The first-order valence-electron chi connectivity index (χ1n) is 8.13. The molecule has 2 aromatic rings. The zero-order chi connectivity index (χ0) is 17.5. The highest BCUT2D eigenvalue weighted by Crippen LogP contribution is 2.31. The molecular formula is C18H26N4O2. The Balaban J connectivity index is 2.22. The van der Waals surface area contributed by atoms with E-state index in [1.165, 1.54) is 0 Å². The fourth-order valence-electron chi connectivity index (χ4n) is 2.38. The van der Waals surface area contributed by atoms with Crippen molar-refractivity contribution in [3.05, 3.63) is 30.1 Å². The monoisotopic (exact) mass is 330 g/mol. The number of unbranched alkanes of at least 4 members (excludes halogenated alkanes) is 1. The van der Waals surface area contributed by atoms with E-state index in [-0.39, 0.29) is 0 Å². The zero-order valence-corrected chi connectivity index (χ0v) is 15.1. The minimum Gasteiger partial charge on any atom is -0.493 e. The molecule has 130 valence electrons. The van der Waals surface area contributed by atoms with E-state index in [1.54, 1.807) is 14.2 Å². The van der Waals surface area contributed by atoms with Crippen molar-refractivity contribution in [2.75, 3.05) is 38.0 Å². The number of hydrogen-bond donors (Lipinski definition) is 1. The van der Waals surface area contributed by atoms with Crippen LogP contribution in [-0.2, 0) is 0 Å². The summed E-state index contributed by atoms with van der Waals surface area (Å²) < 4.78 is 10.6. The van der Waals surface area contributed by atoms with Crippen LogP contribution >= 0.6 is 0 Å². The molecule has 0 radical (unpaired) electrons. The van der Waals surface area contributed by atoms with Gasteiger partial charge in [0.05, 0.1) is 14.2 Å². The minimum atomic E-state index is 0.675. The smallest absolute Gasteiger partial charge is 0.162 e. The van der Waals surface area contributed by atoms with Crippen LogP contribution in [0.4, 0.5) is 17.3 Å². The van der Waals surface area contributed by atoms with Crippen molar-refractivity contribution in [3.8, 4) is 11.5 Å². The van der Waals surface area contributed by atoms with Crippen molar-refractivity contribution >= 4 is 17.3 Å². The maximum Gasteiger partial charge on any atom is 0.162 e. The van der Waals surface area contributed by atoms with Gasteiger partial charge >= 0.3 is 0 Å². The van der Waals surface area contributed by atoms with Crippen molar-refractivity contribution in [1.29, 1.82) is 0 Å². The van der Waals surface area contributed by atoms with Gasteiger partial charge in [-0.15, -0.1) is 0 Å². The van der Waals surface area contributed by atoms with Crippen LogP contribution < -0.4 is 19.7 Å². The molecule has 0 aliphatic rings. The molecule has 0 aliphatic carbocycles. The van der Waals surface area contributed by atoms with Gasteiger partial charge < -0.3 is 19.7 Å². The number of benzene rings is 1. The van der Waals surface area contributed by atoms with E-state index in [2.05, 4.69) is 34.2 Å². The average molecular weight is 330 g/mol. The standard InChI is InChI=1S/C18H26N4O2/c1-6-7-10-22(3)18-12-17(19-13(2)20-18)21-14-8-9-15(23-4)16(11-14)24-5/h8-9,11-12H,6-7,10H2,1-5H3,(H,19,20,21). The van der Waals surface area contributed by atoms with Crippen LogP contribution in [-0.4, -0.2) is 37.8 Å². The Morgan fingerprint density at radius 3 is 2.50 bits per heavy atom. The van der Waals surface area contributed by atoms with Gasteiger partial charge in [0.1, 0.15) is 17.5 Å². The van der Waals surface area contributed by atoms with Crippen molar-refractivity contribution in [2.24, 2.45) is 0 Å². The van der Waals surface area contributed by atoms with Crippen LogP contribution in [0.15, 0.2) is 24.3 Å². The topological polar surface area (TPSA) is 59.5 Å². The highest BCUT2D eigenvalue weighted by molar-refractivity contribution is 5.63. The van der Waals surface area contributed by atoms with Gasteiger partial charge in [-0.3, -0.25) is 0 Å². The molecule has 0 amide bonds. The van der Waals surface area contributed by atoms with Gasteiger partial charge in [-0.2, -0.15) is 0 Å². The summed E-state index contributed by atoms with van der Waals surface area (Å²) in [6, 6.07) is 7.64. The van der Waals surface area contributed by atoms with E-state index in [9.17, 15) is 0 Å². The largest absolute Gasteiger partial charge is 0.493 e. The molecule has 0 saturated carbocycles. The fourth-order valence-corrected chi connectivity index (χ4v) is 2.38. The number of ether oxygens (including phenoxy) is 2. The van der Waals surface area contributed by atoms with Gasteiger partial charge in [0.2, 0.25) is 0 Å². The molecule has 24 heavy (non-hydrogen) atoms. The Morgan fingerprint density at radius 2 is 1.83 bits per heavy atom. The van der Waals surface area contributed by atoms with Gasteiger partial charge in [-0.1, -0.05) is 13.3 Å². The van der Waals surface area contributed by atoms with Gasteiger partial charge in [-0.05, 0) is 25.5 Å². The third kappa shape index (κ3) is 4.50. The molecule has 1 heterocycles. The minimum absolute atomic E-state index is 0.675. The number of rotatable bonds is 8. The second-order valence-corrected chi connectivity index (χ2v) is 5.63. The van der Waals surface area contributed by atoms with E-state index < -0.39 is 0 Å². The number of anilines is 3. The summed E-state index contributed by atoms with van der Waals surface area (Å²) in [4.78, 5) is 11.1. The average Bonchev–Trinajstić information content (AvgIpc) is 2.58. The summed E-state index contributed by atoms with van der Waals surface area (Å²) >= 11 is 0. The first-order valence-corrected chi connectivity index (χ1v) is 8.13. The molecule has 1 aromatic heterocycles. The van der Waals surface area contributed by atoms with Crippen molar-refractivity contribution in [1.82, 2.24) is 9.97 Å². The van der Waals surface area contributed by atoms with Gasteiger partial charge in [-0.25, -0.2) is 9.97 Å². The van der Waals surface area contributed by atoms with Crippen molar-refractivity contribution in [2.45, 2.75) is 26.7 Å². The second kappa shape index (κ2) is 8.38. The zero-order valence-electron chi connectivity index (χ0n) is 15.1. The summed E-state index contributed by atoms with van der Waals surface area (Å²) in [5.41, 5.74) is 0.882. The summed E-state index contributed by atoms with van der Waals surface area (Å²) in [7, 11) is 5.30. The number of hydrogen-bond acceptors (Lipinski definition) is 6. The third-order valence-electron chi connectivity index (χ3n) is 3.72. The summed E-state index contributed by atoms with van der Waals surface area (Å²) in [6.45, 7) is 5.06. The molecule has 6 nitrogen and oxygen atoms in total. The van der Waals surface area contributed by atoms with Crippen LogP contribution in [0, 0.1) is 6.92 Å². The van der Waals surface area contributed by atoms with Crippen molar-refractivity contribution < 1.29 is 9.47 Å². The van der Waals surface area contributed by atoms with E-state index >= 15 is 0 Å². The first-order chi connectivity index (χ1) is 11.6. The molecule has 2 rings (SSSR count). The number of aryl methyl sites for hydroxylation is 1. The maximum absolute atomic E-state index is 5.34. The molecule has 0 spiro atoms. The Kier molecular flexibility index (Phi) is 6.23. The van der Waals surface area contributed by atoms with Gasteiger partial charge in [0.15, 0.2) is 11.5 Å². The Bertz CT molecular complexity index is 676. The van der Waals surface area contributed by atoms with Gasteiger partial charge in [0, 0.05) is 31.4 Å². The molecule has 0 unspecified atom stereocenters. The molecule has 1 N–H and O–H groups in total. The van der Waals surface area contributed by atoms with Crippen LogP contribution in [0.1, 0.15) is 25.6 Å². The van der Waals surface area contributed by atoms with Crippen LogP contribution in [0.25, 0.3) is 0 Å². The first kappa shape index (κ1) is 17.8. The van der Waals surface area contributed by atoms with E-state index in [0.717, 1.165) is 42.5 Å². The van der Waals surface area contributed by atoms with E-state index in [4.69, 9.17) is 9.47 Å². The number of methoxy groups -OCH3 is 2. The Morgan fingerprint density at radius 1 is 1.08 bits per heavy atom. The predicted molar refractivity (Wildman–Crippen MR) is 97.8 cm³/mol. The lowest BCUT2D eigenvalue weighted by Gasteiger charge is -2.19. The second-order valence-electron chi connectivity index (χ2n) is 5.63. The van der Waals surface area contributed by atoms with E-state index in [1.807, 2.05) is 31.2 Å². The lowest BCUT2D eigenvalue weighted by molar-refractivity contribution is 0.355. The summed E-state index contributed by atoms with van der Waals surface area (Å²) in [5.74, 6) is 3.78. The van der Waals surface area contributed by atoms with Crippen LogP contribution in [0.5, 0.6) is 11.5 Å². The highest BCUT2D eigenvalue weighted by atomic mass is 16.5. The Labute approximate surface area is 143 Å². The van der Waals surface area contributed by atoms with E-state index in [0.29, 0.717) is 11.5 Å². The number of nitrogens with zero attached hydrogens (tertiary/aromatic N) is 3. The molecule has 0 fully saturated rings. The molecule has 0 bridgehead atoms. The number of aromatic nitrogens is 2. The fraction of sp³-hybridized carbons (Fsp3) is 0.444. The predicted octanol–water partition coefficient (Wildman–Crippen LogP) is 3.78. The van der Waals surface area contributed by atoms with Gasteiger partial charge in [0.25, 0.3) is 0 Å². The maximum atomic E-state index is 5.34. The molecule has 0 aliphatic heterocycles. The molecule has 6 heteroatoms. The summed E-state index contributed by atoms with van der Waals surface area (Å²) in [6.07, 6.45) is 2.29. The lowest BCUT2D eigenvalue weighted by atomic mass is 10.2. The normalized spacial score (nSPS) is 10.4.